The molecule has 0 spiro atoms. The lowest BCUT2D eigenvalue weighted by atomic mass is 10.2. The molecule has 1 rings (SSSR count). The Morgan fingerprint density at radius 2 is 2.13 bits per heavy atom. The molecular weight excluding hydrogens is 252 g/mol. The maximum Gasteiger partial charge on any atom is 0.0313 e. The summed E-state index contributed by atoms with van der Waals surface area (Å²) >= 11 is 3.43. The first-order valence-corrected chi connectivity index (χ1v) is 6.62. The molecule has 3 heteroatoms. The highest BCUT2D eigenvalue weighted by molar-refractivity contribution is 9.09. The summed E-state index contributed by atoms with van der Waals surface area (Å²) in [5, 5.41) is 4.55. The van der Waals surface area contributed by atoms with Gasteiger partial charge < -0.3 is 5.32 Å². The van der Waals surface area contributed by atoms with Crippen LogP contribution in [-0.2, 0) is 6.54 Å². The average Bonchev–Trinajstić information content (AvgIpc) is 2.23. The predicted molar refractivity (Wildman–Crippen MR) is 68.3 cm³/mol. The lowest BCUT2D eigenvalue weighted by molar-refractivity contribution is 0.618. The maximum atomic E-state index is 4.17. The second kappa shape index (κ2) is 7.83. The molecule has 0 saturated carbocycles. The van der Waals surface area contributed by atoms with E-state index in [1.165, 1.54) is 30.4 Å². The van der Waals surface area contributed by atoms with Crippen molar-refractivity contribution in [3.8, 4) is 0 Å². The predicted octanol–water partition coefficient (Wildman–Crippen LogP) is 3.04. The zero-order chi connectivity index (χ0) is 10.9. The van der Waals surface area contributed by atoms with E-state index in [1.807, 2.05) is 12.4 Å². The minimum atomic E-state index is 0.934. The van der Waals surface area contributed by atoms with Crippen molar-refractivity contribution in [1.29, 1.82) is 0 Å². The fourth-order valence-corrected chi connectivity index (χ4v) is 1.86. The van der Waals surface area contributed by atoms with Gasteiger partial charge in [-0.15, -0.1) is 0 Å². The molecule has 0 fully saturated rings. The van der Waals surface area contributed by atoms with Crippen molar-refractivity contribution in [2.45, 2.75) is 32.7 Å². The van der Waals surface area contributed by atoms with Gasteiger partial charge in [0.1, 0.15) is 0 Å². The summed E-state index contributed by atoms with van der Waals surface area (Å²) in [6, 6.07) is 2.18. The molecule has 0 atom stereocenters. The highest BCUT2D eigenvalue weighted by atomic mass is 79.9. The standard InChI is InChI=1S/C12H19BrN2/c1-11-7-12(10-15-8-11)9-14-6-4-2-3-5-13/h7-8,10,14H,2-6,9H2,1H3. The first-order chi connectivity index (χ1) is 7.33. The van der Waals surface area contributed by atoms with Crippen LogP contribution in [0.4, 0.5) is 0 Å². The van der Waals surface area contributed by atoms with Crippen LogP contribution >= 0.6 is 15.9 Å². The van der Waals surface area contributed by atoms with Crippen molar-refractivity contribution in [2.75, 3.05) is 11.9 Å². The van der Waals surface area contributed by atoms with Crippen LogP contribution in [-0.4, -0.2) is 16.9 Å². The van der Waals surface area contributed by atoms with E-state index in [2.05, 4.69) is 39.2 Å². The van der Waals surface area contributed by atoms with Crippen molar-refractivity contribution >= 4 is 15.9 Å². The largest absolute Gasteiger partial charge is 0.313 e. The number of alkyl halides is 1. The Hall–Kier alpha value is -0.410. The van der Waals surface area contributed by atoms with E-state index in [0.717, 1.165) is 18.4 Å². The molecule has 0 aliphatic carbocycles. The molecule has 84 valence electrons. The minimum absolute atomic E-state index is 0.934. The Morgan fingerprint density at radius 1 is 1.27 bits per heavy atom. The van der Waals surface area contributed by atoms with Gasteiger partial charge in [0.2, 0.25) is 0 Å². The Labute approximate surface area is 101 Å². The summed E-state index contributed by atoms with van der Waals surface area (Å²) < 4.78 is 0. The quantitative estimate of drug-likeness (QED) is 0.609. The number of aromatic nitrogens is 1. The van der Waals surface area contributed by atoms with Gasteiger partial charge >= 0.3 is 0 Å². The van der Waals surface area contributed by atoms with Crippen LogP contribution in [0, 0.1) is 6.92 Å². The Bertz CT molecular complexity index is 276. The lowest BCUT2D eigenvalue weighted by Crippen LogP contribution is -2.14. The Balaban J connectivity index is 2.10. The first-order valence-electron chi connectivity index (χ1n) is 5.50. The second-order valence-corrected chi connectivity index (χ2v) is 4.59. The number of halogens is 1. The lowest BCUT2D eigenvalue weighted by Gasteiger charge is -2.04. The highest BCUT2D eigenvalue weighted by Crippen LogP contribution is 2.01. The Kier molecular flexibility index (Phi) is 6.60. The number of pyridine rings is 1. The molecule has 0 aliphatic heterocycles. The van der Waals surface area contributed by atoms with E-state index < -0.39 is 0 Å². The molecule has 0 saturated heterocycles. The molecule has 0 aromatic carbocycles. The molecular formula is C12H19BrN2. The van der Waals surface area contributed by atoms with Crippen LogP contribution in [0.1, 0.15) is 30.4 Å². The molecule has 2 nitrogen and oxygen atoms in total. The van der Waals surface area contributed by atoms with Crippen molar-refractivity contribution in [3.63, 3.8) is 0 Å². The van der Waals surface area contributed by atoms with Crippen LogP contribution in [0.3, 0.4) is 0 Å². The van der Waals surface area contributed by atoms with Gasteiger partial charge in [0.15, 0.2) is 0 Å². The molecule has 0 radical (unpaired) electrons. The molecule has 0 amide bonds. The molecule has 1 N–H and O–H groups in total. The van der Waals surface area contributed by atoms with Gasteiger partial charge in [-0.25, -0.2) is 0 Å². The minimum Gasteiger partial charge on any atom is -0.313 e. The molecule has 1 aromatic heterocycles. The Morgan fingerprint density at radius 3 is 2.87 bits per heavy atom. The number of hydrogen-bond donors (Lipinski definition) is 1. The fourth-order valence-electron chi connectivity index (χ4n) is 1.47. The van der Waals surface area contributed by atoms with E-state index in [0.29, 0.717) is 0 Å². The summed E-state index contributed by atoms with van der Waals surface area (Å²) in [4.78, 5) is 4.17. The van der Waals surface area contributed by atoms with Gasteiger partial charge in [-0.2, -0.15) is 0 Å². The number of nitrogens with zero attached hydrogens (tertiary/aromatic N) is 1. The van der Waals surface area contributed by atoms with E-state index in [1.54, 1.807) is 0 Å². The molecule has 0 unspecified atom stereocenters. The van der Waals surface area contributed by atoms with E-state index in [-0.39, 0.29) is 0 Å². The first kappa shape index (κ1) is 12.7. The van der Waals surface area contributed by atoms with Crippen LogP contribution in [0.5, 0.6) is 0 Å². The van der Waals surface area contributed by atoms with E-state index in [9.17, 15) is 0 Å². The summed E-state index contributed by atoms with van der Waals surface area (Å²) in [6.45, 7) is 4.11. The third kappa shape index (κ3) is 5.90. The average molecular weight is 271 g/mol. The summed E-state index contributed by atoms with van der Waals surface area (Å²) in [7, 11) is 0. The summed E-state index contributed by atoms with van der Waals surface area (Å²) in [5.74, 6) is 0. The second-order valence-electron chi connectivity index (χ2n) is 3.80. The molecule has 1 aromatic rings. The zero-order valence-electron chi connectivity index (χ0n) is 9.30. The van der Waals surface area contributed by atoms with Crippen LogP contribution in [0.25, 0.3) is 0 Å². The van der Waals surface area contributed by atoms with E-state index in [4.69, 9.17) is 0 Å². The SMILES string of the molecule is Cc1cncc(CNCCCCCBr)c1. The molecule has 0 aliphatic rings. The van der Waals surface area contributed by atoms with Crippen LogP contribution in [0.15, 0.2) is 18.5 Å². The summed E-state index contributed by atoms with van der Waals surface area (Å²) in [5.41, 5.74) is 2.50. The van der Waals surface area contributed by atoms with Crippen molar-refractivity contribution in [3.05, 3.63) is 29.6 Å². The highest BCUT2D eigenvalue weighted by Gasteiger charge is 1.93. The smallest absolute Gasteiger partial charge is 0.0313 e. The van der Waals surface area contributed by atoms with E-state index >= 15 is 0 Å². The summed E-state index contributed by atoms with van der Waals surface area (Å²) in [6.07, 6.45) is 7.64. The molecule has 0 bridgehead atoms. The van der Waals surface area contributed by atoms with Gasteiger partial charge in [-0.05, 0) is 37.4 Å². The maximum absolute atomic E-state index is 4.17. The number of rotatable bonds is 7. The monoisotopic (exact) mass is 270 g/mol. The van der Waals surface area contributed by atoms with Gasteiger partial charge in [-0.1, -0.05) is 28.4 Å². The van der Waals surface area contributed by atoms with Crippen LogP contribution in [0.2, 0.25) is 0 Å². The third-order valence-electron chi connectivity index (χ3n) is 2.25. The van der Waals surface area contributed by atoms with Crippen molar-refractivity contribution < 1.29 is 0 Å². The third-order valence-corrected chi connectivity index (χ3v) is 2.81. The van der Waals surface area contributed by atoms with Crippen molar-refractivity contribution in [1.82, 2.24) is 10.3 Å². The van der Waals surface area contributed by atoms with Crippen LogP contribution < -0.4 is 5.32 Å². The van der Waals surface area contributed by atoms with Gasteiger partial charge in [-0.3, -0.25) is 4.98 Å². The molecule has 15 heavy (non-hydrogen) atoms. The topological polar surface area (TPSA) is 24.9 Å². The number of nitrogens with one attached hydrogen (secondary N) is 1. The fraction of sp³-hybridized carbons (Fsp3) is 0.583. The number of unbranched alkanes of at least 4 members (excludes halogenated alkanes) is 2. The number of aryl methyl sites for hydroxylation is 1. The molecule has 1 heterocycles. The van der Waals surface area contributed by atoms with Crippen molar-refractivity contribution in [2.24, 2.45) is 0 Å². The number of hydrogen-bond acceptors (Lipinski definition) is 2. The van der Waals surface area contributed by atoms with Gasteiger partial charge in [0, 0.05) is 24.3 Å². The van der Waals surface area contributed by atoms with Gasteiger partial charge in [0.25, 0.3) is 0 Å². The van der Waals surface area contributed by atoms with Gasteiger partial charge in [0.05, 0.1) is 0 Å². The zero-order valence-corrected chi connectivity index (χ0v) is 10.9. The normalized spacial score (nSPS) is 10.5.